The second-order valence-electron chi connectivity index (χ2n) is 6.62. The summed E-state index contributed by atoms with van der Waals surface area (Å²) in [5.41, 5.74) is 1.53. The van der Waals surface area contributed by atoms with Gasteiger partial charge in [0.25, 0.3) is 0 Å². The molecule has 1 amide bonds. The summed E-state index contributed by atoms with van der Waals surface area (Å²) in [5, 5.41) is 5.80. The van der Waals surface area contributed by atoms with E-state index in [2.05, 4.69) is 24.5 Å². The highest BCUT2D eigenvalue weighted by atomic mass is 32.1. The van der Waals surface area contributed by atoms with Crippen molar-refractivity contribution in [2.45, 2.75) is 13.8 Å². The van der Waals surface area contributed by atoms with Crippen LogP contribution in [0.1, 0.15) is 19.4 Å². The molecule has 6 nitrogen and oxygen atoms in total. The number of methoxy groups -OCH3 is 2. The van der Waals surface area contributed by atoms with Gasteiger partial charge in [-0.2, -0.15) is 0 Å². The Labute approximate surface area is 176 Å². The van der Waals surface area contributed by atoms with Crippen LogP contribution < -0.4 is 24.8 Å². The summed E-state index contributed by atoms with van der Waals surface area (Å²) >= 11 is 5.21. The first kappa shape index (κ1) is 22.2. The van der Waals surface area contributed by atoms with Crippen LogP contribution in [0.5, 0.6) is 17.2 Å². The zero-order chi connectivity index (χ0) is 21.2. The molecule has 0 saturated carbocycles. The fourth-order valence-electron chi connectivity index (χ4n) is 2.37. The summed E-state index contributed by atoms with van der Waals surface area (Å²) in [6.07, 6.45) is 3.07. The van der Waals surface area contributed by atoms with Crippen LogP contribution in [0.2, 0.25) is 0 Å². The van der Waals surface area contributed by atoms with E-state index in [-0.39, 0.29) is 11.0 Å². The van der Waals surface area contributed by atoms with E-state index in [0.29, 0.717) is 24.0 Å². The molecule has 2 aromatic rings. The SMILES string of the molecule is COc1ccc(/C=C/C(=O)NC(=S)Nc2cccc(OCC(C)C)c2)cc1OC. The zero-order valence-corrected chi connectivity index (χ0v) is 17.8. The lowest BCUT2D eigenvalue weighted by Gasteiger charge is -2.12. The van der Waals surface area contributed by atoms with Gasteiger partial charge in [-0.1, -0.05) is 26.0 Å². The third kappa shape index (κ3) is 7.46. The Bertz CT molecular complexity index is 881. The third-order valence-electron chi connectivity index (χ3n) is 3.75. The van der Waals surface area contributed by atoms with Gasteiger partial charge in [-0.3, -0.25) is 10.1 Å². The number of anilines is 1. The van der Waals surface area contributed by atoms with Crippen LogP contribution >= 0.6 is 12.2 Å². The van der Waals surface area contributed by atoms with Crippen molar-refractivity contribution in [3.8, 4) is 17.2 Å². The molecule has 0 saturated heterocycles. The van der Waals surface area contributed by atoms with Crippen LogP contribution in [0, 0.1) is 5.92 Å². The molecule has 0 bridgehead atoms. The predicted octanol–water partition coefficient (Wildman–Crippen LogP) is 4.27. The van der Waals surface area contributed by atoms with Gasteiger partial charge in [0.15, 0.2) is 16.6 Å². The van der Waals surface area contributed by atoms with Crippen LogP contribution in [0.4, 0.5) is 5.69 Å². The number of carbonyl (C=O) groups excluding carboxylic acids is 1. The zero-order valence-electron chi connectivity index (χ0n) is 17.0. The second kappa shape index (κ2) is 11.1. The van der Waals surface area contributed by atoms with Crippen molar-refractivity contribution in [3.05, 3.63) is 54.1 Å². The Balaban J connectivity index is 1.91. The molecular weight excluding hydrogens is 388 g/mol. The number of benzene rings is 2. The van der Waals surface area contributed by atoms with Gasteiger partial charge in [-0.05, 0) is 54.0 Å². The van der Waals surface area contributed by atoms with Gasteiger partial charge in [0.1, 0.15) is 5.75 Å². The highest BCUT2D eigenvalue weighted by molar-refractivity contribution is 7.80. The molecule has 2 aromatic carbocycles. The fourth-order valence-corrected chi connectivity index (χ4v) is 2.59. The molecule has 0 aliphatic carbocycles. The maximum absolute atomic E-state index is 12.1. The minimum absolute atomic E-state index is 0.202. The first-order chi connectivity index (χ1) is 13.9. The molecule has 0 heterocycles. The smallest absolute Gasteiger partial charge is 0.250 e. The van der Waals surface area contributed by atoms with Crippen LogP contribution in [0.3, 0.4) is 0 Å². The highest BCUT2D eigenvalue weighted by Crippen LogP contribution is 2.27. The van der Waals surface area contributed by atoms with Crippen molar-refractivity contribution in [2.75, 3.05) is 26.1 Å². The van der Waals surface area contributed by atoms with Gasteiger partial charge < -0.3 is 19.5 Å². The topological polar surface area (TPSA) is 68.8 Å². The predicted molar refractivity (Wildman–Crippen MR) is 120 cm³/mol. The van der Waals surface area contributed by atoms with Gasteiger partial charge in [-0.15, -0.1) is 0 Å². The highest BCUT2D eigenvalue weighted by Gasteiger charge is 2.05. The fraction of sp³-hybridized carbons (Fsp3) is 0.273. The van der Waals surface area contributed by atoms with E-state index in [1.165, 1.54) is 6.08 Å². The Kier molecular flexibility index (Phi) is 8.48. The number of ether oxygens (including phenoxy) is 3. The van der Waals surface area contributed by atoms with Crippen LogP contribution in [-0.2, 0) is 4.79 Å². The minimum atomic E-state index is -0.343. The molecule has 0 aliphatic heterocycles. The molecule has 0 spiro atoms. The lowest BCUT2D eigenvalue weighted by Crippen LogP contribution is -2.32. The van der Waals surface area contributed by atoms with E-state index >= 15 is 0 Å². The average Bonchev–Trinajstić information content (AvgIpc) is 2.70. The van der Waals surface area contributed by atoms with E-state index in [4.69, 9.17) is 26.4 Å². The summed E-state index contributed by atoms with van der Waals surface area (Å²) in [6, 6.07) is 12.8. The molecule has 29 heavy (non-hydrogen) atoms. The van der Waals surface area contributed by atoms with E-state index in [0.717, 1.165) is 17.0 Å². The van der Waals surface area contributed by atoms with Crippen LogP contribution in [0.25, 0.3) is 6.08 Å². The lowest BCUT2D eigenvalue weighted by atomic mass is 10.2. The van der Waals surface area contributed by atoms with Crippen LogP contribution in [-0.4, -0.2) is 31.8 Å². The lowest BCUT2D eigenvalue weighted by molar-refractivity contribution is -0.115. The molecule has 0 unspecified atom stereocenters. The number of thiocarbonyl (C=S) groups is 1. The Morgan fingerprint density at radius 1 is 1.10 bits per heavy atom. The van der Waals surface area contributed by atoms with E-state index in [1.54, 1.807) is 32.4 Å². The van der Waals surface area contributed by atoms with Gasteiger partial charge in [0.05, 0.1) is 20.8 Å². The monoisotopic (exact) mass is 414 g/mol. The Morgan fingerprint density at radius 3 is 2.55 bits per heavy atom. The Morgan fingerprint density at radius 2 is 1.86 bits per heavy atom. The first-order valence-corrected chi connectivity index (χ1v) is 9.57. The summed E-state index contributed by atoms with van der Waals surface area (Å²) in [4.78, 5) is 12.1. The largest absolute Gasteiger partial charge is 0.493 e. The van der Waals surface area contributed by atoms with Crippen molar-refractivity contribution in [2.24, 2.45) is 5.92 Å². The maximum Gasteiger partial charge on any atom is 0.250 e. The molecule has 2 N–H and O–H groups in total. The maximum atomic E-state index is 12.1. The Hall–Kier alpha value is -3.06. The number of amides is 1. The normalized spacial score (nSPS) is 10.7. The average molecular weight is 415 g/mol. The minimum Gasteiger partial charge on any atom is -0.493 e. The van der Waals surface area contributed by atoms with Crippen molar-refractivity contribution in [1.82, 2.24) is 5.32 Å². The first-order valence-electron chi connectivity index (χ1n) is 9.16. The quantitative estimate of drug-likeness (QED) is 0.497. The molecule has 0 aliphatic rings. The van der Waals surface area contributed by atoms with Gasteiger partial charge >= 0.3 is 0 Å². The molecule has 7 heteroatoms. The molecule has 0 atom stereocenters. The third-order valence-corrected chi connectivity index (χ3v) is 3.95. The summed E-state index contributed by atoms with van der Waals surface area (Å²) < 4.78 is 16.1. The van der Waals surface area contributed by atoms with E-state index in [1.807, 2.05) is 30.3 Å². The molecule has 2 rings (SSSR count). The number of rotatable bonds is 8. The van der Waals surface area contributed by atoms with Gasteiger partial charge in [-0.25, -0.2) is 0 Å². The number of nitrogens with one attached hydrogen (secondary N) is 2. The molecular formula is C22H26N2O4S. The molecule has 154 valence electrons. The number of hydrogen-bond donors (Lipinski definition) is 2. The molecule has 0 aromatic heterocycles. The second-order valence-corrected chi connectivity index (χ2v) is 7.03. The van der Waals surface area contributed by atoms with Crippen molar-refractivity contribution in [3.63, 3.8) is 0 Å². The van der Waals surface area contributed by atoms with Crippen molar-refractivity contribution >= 4 is 35.0 Å². The summed E-state index contributed by atoms with van der Waals surface area (Å²) in [6.45, 7) is 4.80. The summed E-state index contributed by atoms with van der Waals surface area (Å²) in [7, 11) is 3.13. The molecule has 0 fully saturated rings. The van der Waals surface area contributed by atoms with Crippen molar-refractivity contribution in [1.29, 1.82) is 0 Å². The van der Waals surface area contributed by atoms with Crippen LogP contribution in [0.15, 0.2) is 48.5 Å². The van der Waals surface area contributed by atoms with Crippen molar-refractivity contribution < 1.29 is 19.0 Å². The van der Waals surface area contributed by atoms with E-state index < -0.39 is 0 Å². The van der Waals surface area contributed by atoms with Gasteiger partial charge in [0.2, 0.25) is 5.91 Å². The van der Waals surface area contributed by atoms with Gasteiger partial charge in [0, 0.05) is 17.8 Å². The summed E-state index contributed by atoms with van der Waals surface area (Å²) in [5.74, 6) is 2.05. The standard InChI is InChI=1S/C22H26N2O4S/c1-15(2)14-28-18-7-5-6-17(13-18)23-22(29)24-21(25)11-9-16-8-10-19(26-3)20(12-16)27-4/h5-13,15H,14H2,1-4H3,(H2,23,24,25,29)/b11-9+. The van der Waals surface area contributed by atoms with E-state index in [9.17, 15) is 4.79 Å². The number of hydrogen-bond acceptors (Lipinski definition) is 5. The number of carbonyl (C=O) groups is 1. The molecule has 0 radical (unpaired) electrons.